The normalized spacial score (nSPS) is 13.3. The topological polar surface area (TPSA) is 76.9 Å². The Morgan fingerprint density at radius 3 is 2.56 bits per heavy atom. The van der Waals surface area contributed by atoms with E-state index in [9.17, 15) is 8.42 Å². The summed E-state index contributed by atoms with van der Waals surface area (Å²) in [7, 11) is -3.70. The zero-order chi connectivity index (χ0) is 18.2. The van der Waals surface area contributed by atoms with Crippen LogP contribution in [0.4, 0.5) is 0 Å². The van der Waals surface area contributed by atoms with Crippen LogP contribution >= 0.6 is 23.2 Å². The van der Waals surface area contributed by atoms with E-state index in [-0.39, 0.29) is 4.90 Å². The van der Waals surface area contributed by atoms with E-state index < -0.39 is 16.1 Å². The van der Waals surface area contributed by atoms with Crippen LogP contribution in [-0.2, 0) is 16.6 Å². The molecule has 0 radical (unpaired) electrons. The van der Waals surface area contributed by atoms with Gasteiger partial charge in [-0.1, -0.05) is 23.2 Å². The van der Waals surface area contributed by atoms with E-state index in [0.717, 1.165) is 5.52 Å². The van der Waals surface area contributed by atoms with Crippen LogP contribution in [0.5, 0.6) is 0 Å². The second-order valence-corrected chi connectivity index (χ2v) is 8.04. The molecule has 0 aliphatic heterocycles. The van der Waals surface area contributed by atoms with E-state index in [0.29, 0.717) is 28.1 Å². The third-order valence-electron chi connectivity index (χ3n) is 3.79. The number of aryl methyl sites for hydroxylation is 1. The maximum absolute atomic E-state index is 12.6. The van der Waals surface area contributed by atoms with E-state index >= 15 is 0 Å². The molecule has 0 fully saturated rings. The summed E-state index contributed by atoms with van der Waals surface area (Å²) in [6.07, 6.45) is 1.58. The first-order valence-electron chi connectivity index (χ1n) is 7.61. The summed E-state index contributed by atoms with van der Waals surface area (Å²) in [5.41, 5.74) is 1.48. The molecular weight excluding hydrogens is 383 g/mol. The molecule has 0 spiro atoms. The molecule has 9 heteroatoms. The predicted molar refractivity (Wildman–Crippen MR) is 98.4 cm³/mol. The molecule has 0 aliphatic rings. The summed E-state index contributed by atoms with van der Waals surface area (Å²) >= 11 is 11.8. The van der Waals surface area contributed by atoms with Crippen molar-refractivity contribution in [3.05, 3.63) is 52.5 Å². The molecule has 2 heterocycles. The quantitative estimate of drug-likeness (QED) is 0.663. The minimum Gasteiger partial charge on any atom is -0.327 e. The van der Waals surface area contributed by atoms with Crippen LogP contribution in [-0.4, -0.2) is 23.0 Å². The van der Waals surface area contributed by atoms with Crippen molar-refractivity contribution >= 4 is 44.3 Å². The molecule has 132 valence electrons. The van der Waals surface area contributed by atoms with Crippen LogP contribution in [0.3, 0.4) is 0 Å². The van der Waals surface area contributed by atoms with Gasteiger partial charge in [-0.3, -0.25) is 0 Å². The molecule has 2 aromatic heterocycles. The lowest BCUT2D eigenvalue weighted by Gasteiger charge is -2.15. The summed E-state index contributed by atoms with van der Waals surface area (Å²) in [4.78, 5) is 8.68. The Bertz CT molecular complexity index is 1020. The Labute approximate surface area is 155 Å². The van der Waals surface area contributed by atoms with Crippen LogP contribution in [0.25, 0.3) is 11.0 Å². The highest BCUT2D eigenvalue weighted by Crippen LogP contribution is 2.24. The van der Waals surface area contributed by atoms with Gasteiger partial charge in [0.15, 0.2) is 0 Å². The molecule has 6 nitrogen and oxygen atoms in total. The van der Waals surface area contributed by atoms with E-state index in [1.807, 2.05) is 11.5 Å². The highest BCUT2D eigenvalue weighted by Gasteiger charge is 2.23. The fraction of sp³-hybridized carbons (Fsp3) is 0.250. The summed E-state index contributed by atoms with van der Waals surface area (Å²) < 4.78 is 29.7. The lowest BCUT2D eigenvalue weighted by Crippen LogP contribution is -2.28. The molecule has 3 aromatic rings. The minimum atomic E-state index is -3.70. The molecule has 0 unspecified atom stereocenters. The van der Waals surface area contributed by atoms with E-state index in [1.165, 1.54) is 24.3 Å². The van der Waals surface area contributed by atoms with Crippen molar-refractivity contribution in [1.29, 1.82) is 0 Å². The number of fused-ring (bicyclic) bond motifs is 1. The van der Waals surface area contributed by atoms with Gasteiger partial charge in [-0.25, -0.2) is 23.1 Å². The summed E-state index contributed by atoms with van der Waals surface area (Å²) in [6.45, 7) is 4.33. The summed E-state index contributed by atoms with van der Waals surface area (Å²) in [5, 5.41) is 0.840. The van der Waals surface area contributed by atoms with Crippen LogP contribution in [0.15, 0.2) is 41.4 Å². The highest BCUT2D eigenvalue weighted by atomic mass is 35.5. The first kappa shape index (κ1) is 18.1. The zero-order valence-electron chi connectivity index (χ0n) is 13.6. The van der Waals surface area contributed by atoms with Gasteiger partial charge in [0.2, 0.25) is 10.0 Å². The molecule has 0 bridgehead atoms. The molecule has 0 saturated heterocycles. The smallest absolute Gasteiger partial charge is 0.241 e. The molecule has 0 saturated carbocycles. The van der Waals surface area contributed by atoms with Crippen LogP contribution in [0.1, 0.15) is 25.7 Å². The van der Waals surface area contributed by atoms with Gasteiger partial charge in [-0.15, -0.1) is 0 Å². The Balaban J connectivity index is 1.96. The fourth-order valence-corrected chi connectivity index (χ4v) is 4.13. The average molecular weight is 399 g/mol. The number of imidazole rings is 1. The number of hydrogen-bond donors (Lipinski definition) is 1. The fourth-order valence-electron chi connectivity index (χ4n) is 2.65. The summed E-state index contributed by atoms with van der Waals surface area (Å²) in [6, 6.07) is 7.18. The monoisotopic (exact) mass is 398 g/mol. The first-order valence-corrected chi connectivity index (χ1v) is 9.85. The Morgan fingerprint density at radius 1 is 1.24 bits per heavy atom. The number of aromatic nitrogens is 3. The Kier molecular flexibility index (Phi) is 5.02. The van der Waals surface area contributed by atoms with Gasteiger partial charge in [-0.2, -0.15) is 0 Å². The molecule has 0 amide bonds. The number of pyridine rings is 1. The average Bonchev–Trinajstić information content (AvgIpc) is 2.92. The Hall–Kier alpha value is -1.67. The third kappa shape index (κ3) is 3.64. The van der Waals surface area contributed by atoms with Gasteiger partial charge in [0.1, 0.15) is 16.5 Å². The molecule has 3 rings (SSSR count). The number of hydrogen-bond acceptors (Lipinski definition) is 4. The van der Waals surface area contributed by atoms with Crippen LogP contribution in [0.2, 0.25) is 10.2 Å². The zero-order valence-corrected chi connectivity index (χ0v) is 15.9. The van der Waals surface area contributed by atoms with Gasteiger partial charge in [0.05, 0.1) is 22.7 Å². The van der Waals surface area contributed by atoms with Crippen molar-refractivity contribution < 1.29 is 8.42 Å². The van der Waals surface area contributed by atoms with Gasteiger partial charge >= 0.3 is 0 Å². The molecule has 1 N–H and O–H groups in total. The first-order chi connectivity index (χ1) is 11.8. The minimum absolute atomic E-state index is 0.146. The number of rotatable bonds is 5. The molecule has 25 heavy (non-hydrogen) atoms. The van der Waals surface area contributed by atoms with Crippen molar-refractivity contribution in [3.63, 3.8) is 0 Å². The van der Waals surface area contributed by atoms with Gasteiger partial charge < -0.3 is 4.57 Å². The third-order valence-corrected chi connectivity index (χ3v) is 5.81. The van der Waals surface area contributed by atoms with Crippen molar-refractivity contribution in [3.8, 4) is 0 Å². The maximum Gasteiger partial charge on any atom is 0.241 e. The van der Waals surface area contributed by atoms with Crippen molar-refractivity contribution in [2.75, 3.05) is 0 Å². The number of halogens is 2. The molecule has 1 aromatic carbocycles. The van der Waals surface area contributed by atoms with Crippen molar-refractivity contribution in [2.24, 2.45) is 0 Å². The van der Waals surface area contributed by atoms with Crippen molar-refractivity contribution in [1.82, 2.24) is 19.3 Å². The van der Waals surface area contributed by atoms with E-state index in [2.05, 4.69) is 14.7 Å². The second-order valence-electron chi connectivity index (χ2n) is 5.51. The number of nitrogens with zero attached hydrogens (tertiary/aromatic N) is 3. The predicted octanol–water partition coefficient (Wildman–Crippen LogP) is 3.80. The summed E-state index contributed by atoms with van der Waals surface area (Å²) in [5.74, 6) is 0.596. The molecule has 0 aliphatic carbocycles. The lowest BCUT2D eigenvalue weighted by atomic mass is 10.3. The number of nitrogens with one attached hydrogen (secondary N) is 1. The van der Waals surface area contributed by atoms with Crippen LogP contribution in [0, 0.1) is 0 Å². The van der Waals surface area contributed by atoms with Gasteiger partial charge in [0.25, 0.3) is 0 Å². The lowest BCUT2D eigenvalue weighted by molar-refractivity contribution is 0.549. The van der Waals surface area contributed by atoms with Gasteiger partial charge in [0, 0.05) is 17.6 Å². The van der Waals surface area contributed by atoms with Gasteiger partial charge in [-0.05, 0) is 38.1 Å². The van der Waals surface area contributed by atoms with E-state index in [4.69, 9.17) is 23.2 Å². The van der Waals surface area contributed by atoms with Crippen molar-refractivity contribution in [2.45, 2.75) is 31.3 Å². The largest absolute Gasteiger partial charge is 0.327 e. The number of sulfonamides is 1. The molecule has 1 atom stereocenters. The maximum atomic E-state index is 12.6. The standard InChI is InChI=1S/C16H16Cl2N4O2S/c1-3-22-14-8-15(18)19-9-13(14)20-16(22)10(2)21-25(23,24)12-6-4-11(17)5-7-12/h4-10,21H,3H2,1-2H3/t10-/m1/s1. The second kappa shape index (κ2) is 6.92. The SMILES string of the molecule is CCn1c([C@@H](C)NS(=O)(=O)c2ccc(Cl)cc2)nc2cnc(Cl)cc21. The highest BCUT2D eigenvalue weighted by molar-refractivity contribution is 7.89. The molecular formula is C16H16Cl2N4O2S. The van der Waals surface area contributed by atoms with E-state index in [1.54, 1.807) is 19.2 Å². The van der Waals surface area contributed by atoms with Crippen LogP contribution < -0.4 is 4.72 Å². The Morgan fingerprint density at radius 2 is 1.92 bits per heavy atom. The number of benzene rings is 1.